The molecule has 176 valence electrons. The molecular formula is C24H26ClNO6S. The van der Waals surface area contributed by atoms with Gasteiger partial charge in [-0.2, -0.15) is 4.72 Å². The van der Waals surface area contributed by atoms with Gasteiger partial charge >= 0.3 is 11.6 Å². The van der Waals surface area contributed by atoms with Gasteiger partial charge in [-0.3, -0.25) is 0 Å². The minimum absolute atomic E-state index is 0.0200. The summed E-state index contributed by atoms with van der Waals surface area (Å²) >= 11 is 6.34. The van der Waals surface area contributed by atoms with Crippen molar-refractivity contribution in [3.05, 3.63) is 69.0 Å². The number of hydrogen-bond acceptors (Lipinski definition) is 6. The molecule has 0 saturated heterocycles. The average molecular weight is 492 g/mol. The average Bonchev–Trinajstić information content (AvgIpc) is 2.77. The summed E-state index contributed by atoms with van der Waals surface area (Å²) in [5, 5.41) is 0.782. The number of fused-ring (bicyclic) bond motifs is 1. The van der Waals surface area contributed by atoms with Crippen LogP contribution in [0.5, 0.6) is 5.75 Å². The van der Waals surface area contributed by atoms with E-state index < -0.39 is 27.7 Å². The van der Waals surface area contributed by atoms with E-state index >= 15 is 0 Å². The SMILES string of the molecule is CCc1cc(=O)oc2cc(OC(=O)[C@@H](NS(=O)(=O)c3ccc(C)cc3)[C@H](C)CC)c(Cl)cc12. The van der Waals surface area contributed by atoms with Crippen LogP contribution in [0.2, 0.25) is 5.02 Å². The second-order valence-electron chi connectivity index (χ2n) is 7.94. The number of aryl methyl sites for hydroxylation is 2. The molecule has 0 spiro atoms. The van der Waals surface area contributed by atoms with Crippen molar-refractivity contribution in [1.82, 2.24) is 4.72 Å². The molecule has 0 bridgehead atoms. The zero-order valence-corrected chi connectivity index (χ0v) is 20.4. The molecule has 3 aromatic rings. The lowest BCUT2D eigenvalue weighted by molar-refractivity contribution is -0.137. The van der Waals surface area contributed by atoms with Crippen molar-refractivity contribution < 1.29 is 22.4 Å². The Hall–Kier alpha value is -2.68. The molecule has 9 heteroatoms. The maximum absolute atomic E-state index is 13.1. The summed E-state index contributed by atoms with van der Waals surface area (Å²) in [6.07, 6.45) is 1.12. The van der Waals surface area contributed by atoms with E-state index in [0.29, 0.717) is 18.2 Å². The van der Waals surface area contributed by atoms with Gasteiger partial charge in [-0.05, 0) is 43.0 Å². The van der Waals surface area contributed by atoms with Crippen molar-refractivity contribution in [1.29, 1.82) is 0 Å². The van der Waals surface area contributed by atoms with Crippen molar-refractivity contribution >= 4 is 38.6 Å². The smallest absolute Gasteiger partial charge is 0.336 e. The van der Waals surface area contributed by atoms with E-state index in [1.54, 1.807) is 25.1 Å². The lowest BCUT2D eigenvalue weighted by Gasteiger charge is -2.23. The van der Waals surface area contributed by atoms with Gasteiger partial charge in [0.2, 0.25) is 10.0 Å². The first-order chi connectivity index (χ1) is 15.6. The van der Waals surface area contributed by atoms with E-state index in [9.17, 15) is 18.0 Å². The molecule has 0 aliphatic rings. The molecule has 1 N–H and O–H groups in total. The maximum Gasteiger partial charge on any atom is 0.336 e. The highest BCUT2D eigenvalue weighted by atomic mass is 35.5. The van der Waals surface area contributed by atoms with E-state index in [1.807, 2.05) is 20.8 Å². The van der Waals surface area contributed by atoms with Gasteiger partial charge in [-0.15, -0.1) is 0 Å². The normalized spacial score (nSPS) is 13.6. The minimum Gasteiger partial charge on any atom is -0.424 e. The molecule has 0 saturated carbocycles. The lowest BCUT2D eigenvalue weighted by Crippen LogP contribution is -2.46. The number of sulfonamides is 1. The lowest BCUT2D eigenvalue weighted by atomic mass is 10.0. The quantitative estimate of drug-likeness (QED) is 0.280. The van der Waals surface area contributed by atoms with Crippen molar-refractivity contribution in [2.75, 3.05) is 0 Å². The van der Waals surface area contributed by atoms with Crippen LogP contribution >= 0.6 is 11.6 Å². The fraction of sp³-hybridized carbons (Fsp3) is 0.333. The van der Waals surface area contributed by atoms with E-state index in [1.165, 1.54) is 24.3 Å². The number of benzene rings is 2. The third-order valence-corrected chi connectivity index (χ3v) is 7.31. The van der Waals surface area contributed by atoms with Gasteiger partial charge in [0.1, 0.15) is 11.6 Å². The number of halogens is 1. The summed E-state index contributed by atoms with van der Waals surface area (Å²) < 4.78 is 39.0. The number of esters is 1. The van der Waals surface area contributed by atoms with Crippen LogP contribution in [-0.4, -0.2) is 20.4 Å². The Kier molecular flexibility index (Phi) is 7.62. The zero-order chi connectivity index (χ0) is 24.3. The van der Waals surface area contributed by atoms with Gasteiger partial charge in [-0.1, -0.05) is 56.5 Å². The monoisotopic (exact) mass is 491 g/mol. The Labute approximate surface area is 197 Å². The first-order valence-electron chi connectivity index (χ1n) is 10.6. The molecule has 33 heavy (non-hydrogen) atoms. The zero-order valence-electron chi connectivity index (χ0n) is 18.8. The topological polar surface area (TPSA) is 103 Å². The molecule has 0 unspecified atom stereocenters. The molecule has 1 aromatic heterocycles. The Morgan fingerprint density at radius 2 is 1.82 bits per heavy atom. The van der Waals surface area contributed by atoms with Crippen LogP contribution in [-0.2, 0) is 21.2 Å². The van der Waals surface area contributed by atoms with Gasteiger partial charge in [0.15, 0.2) is 5.75 Å². The highest BCUT2D eigenvalue weighted by Crippen LogP contribution is 2.32. The number of carbonyl (C=O) groups is 1. The van der Waals surface area contributed by atoms with Crippen LogP contribution in [0.15, 0.2) is 56.6 Å². The molecule has 1 heterocycles. The van der Waals surface area contributed by atoms with Crippen LogP contribution in [0.1, 0.15) is 38.3 Å². The highest BCUT2D eigenvalue weighted by Gasteiger charge is 2.32. The number of nitrogens with one attached hydrogen (secondary N) is 1. The van der Waals surface area contributed by atoms with E-state index in [2.05, 4.69) is 4.72 Å². The predicted octanol–water partition coefficient (Wildman–Crippen LogP) is 4.62. The predicted molar refractivity (Wildman–Crippen MR) is 127 cm³/mol. The van der Waals surface area contributed by atoms with Crippen LogP contribution < -0.4 is 15.1 Å². The van der Waals surface area contributed by atoms with Crippen LogP contribution in [0.25, 0.3) is 11.0 Å². The largest absolute Gasteiger partial charge is 0.424 e. The summed E-state index contributed by atoms with van der Waals surface area (Å²) in [4.78, 5) is 24.9. The van der Waals surface area contributed by atoms with Crippen LogP contribution in [0.3, 0.4) is 0 Å². The van der Waals surface area contributed by atoms with E-state index in [0.717, 1.165) is 11.1 Å². The molecule has 0 aliphatic carbocycles. The summed E-state index contributed by atoms with van der Waals surface area (Å²) in [5.41, 5.74) is 1.37. The molecule has 2 aromatic carbocycles. The fourth-order valence-electron chi connectivity index (χ4n) is 3.36. The Morgan fingerprint density at radius 1 is 1.15 bits per heavy atom. The molecule has 0 amide bonds. The number of carbonyl (C=O) groups excluding carboxylic acids is 1. The molecular weight excluding hydrogens is 466 g/mol. The van der Waals surface area contributed by atoms with Gasteiger partial charge in [0, 0.05) is 17.5 Å². The second-order valence-corrected chi connectivity index (χ2v) is 10.1. The Morgan fingerprint density at radius 3 is 2.42 bits per heavy atom. The molecule has 7 nitrogen and oxygen atoms in total. The Bertz CT molecular complexity index is 1330. The summed E-state index contributed by atoms with van der Waals surface area (Å²) in [7, 11) is -3.97. The highest BCUT2D eigenvalue weighted by molar-refractivity contribution is 7.89. The van der Waals surface area contributed by atoms with Gasteiger partial charge < -0.3 is 9.15 Å². The minimum atomic E-state index is -3.97. The standard InChI is InChI=1S/C24H26ClNO6S/c1-5-15(4)23(26-33(29,30)17-9-7-14(3)8-10-17)24(28)32-21-13-20-18(12-19(21)25)16(6-2)11-22(27)31-20/h7-13,15,23,26H,5-6H2,1-4H3/t15-,23+/m1/s1. The van der Waals surface area contributed by atoms with Gasteiger partial charge in [-0.25, -0.2) is 18.0 Å². The number of rotatable bonds is 8. The number of hydrogen-bond donors (Lipinski definition) is 1. The van der Waals surface area contributed by atoms with Gasteiger partial charge in [0.05, 0.1) is 9.92 Å². The first kappa shape index (κ1) is 25.0. The van der Waals surface area contributed by atoms with Crippen LogP contribution in [0.4, 0.5) is 0 Å². The summed E-state index contributed by atoms with van der Waals surface area (Å²) in [6.45, 7) is 7.34. The molecule has 0 fully saturated rings. The molecule has 3 rings (SSSR count). The summed E-state index contributed by atoms with van der Waals surface area (Å²) in [5.74, 6) is -1.19. The number of ether oxygens (including phenoxy) is 1. The molecule has 2 atom stereocenters. The second kappa shape index (κ2) is 10.1. The third-order valence-electron chi connectivity index (χ3n) is 5.55. The fourth-order valence-corrected chi connectivity index (χ4v) is 4.85. The molecule has 0 aliphatic heterocycles. The Balaban J connectivity index is 1.93. The van der Waals surface area contributed by atoms with Crippen molar-refractivity contribution in [2.24, 2.45) is 5.92 Å². The van der Waals surface area contributed by atoms with Gasteiger partial charge in [0.25, 0.3) is 0 Å². The van der Waals surface area contributed by atoms with Crippen LogP contribution in [0, 0.1) is 12.8 Å². The van der Waals surface area contributed by atoms with Crippen molar-refractivity contribution in [3.8, 4) is 5.75 Å². The van der Waals surface area contributed by atoms with Crippen molar-refractivity contribution in [2.45, 2.75) is 51.5 Å². The third kappa shape index (κ3) is 5.63. The molecule has 0 radical (unpaired) electrons. The van der Waals surface area contributed by atoms with Crippen molar-refractivity contribution in [3.63, 3.8) is 0 Å². The first-order valence-corrected chi connectivity index (χ1v) is 12.5. The summed E-state index contributed by atoms with van der Waals surface area (Å²) in [6, 6.07) is 9.49. The maximum atomic E-state index is 13.1. The van der Waals surface area contributed by atoms with E-state index in [4.69, 9.17) is 20.8 Å². The van der Waals surface area contributed by atoms with E-state index in [-0.39, 0.29) is 27.2 Å².